The van der Waals surface area contributed by atoms with Crippen LogP contribution in [0.15, 0.2) is 24.7 Å². The van der Waals surface area contributed by atoms with E-state index >= 15 is 0 Å². The summed E-state index contributed by atoms with van der Waals surface area (Å²) >= 11 is 0. The lowest BCUT2D eigenvalue weighted by atomic mass is 10.2. The zero-order valence-corrected chi connectivity index (χ0v) is 10.5. The van der Waals surface area contributed by atoms with Crippen LogP contribution >= 0.6 is 0 Å². The quantitative estimate of drug-likeness (QED) is 0.746. The maximum Gasteiger partial charge on any atom is 0.163 e. The Morgan fingerprint density at radius 1 is 1.33 bits per heavy atom. The monoisotopic (exact) mass is 241 g/mol. The number of fused-ring (bicyclic) bond motifs is 3. The van der Waals surface area contributed by atoms with Crippen molar-refractivity contribution in [2.24, 2.45) is 5.92 Å². The van der Waals surface area contributed by atoms with Crippen molar-refractivity contribution < 1.29 is 0 Å². The van der Waals surface area contributed by atoms with Gasteiger partial charge in [0.05, 0.1) is 11.8 Å². The van der Waals surface area contributed by atoms with E-state index in [1.807, 2.05) is 18.5 Å². The van der Waals surface area contributed by atoms with Crippen molar-refractivity contribution >= 4 is 27.9 Å². The van der Waals surface area contributed by atoms with Gasteiger partial charge in [-0.25, -0.2) is 15.0 Å². The van der Waals surface area contributed by atoms with E-state index in [9.17, 15) is 0 Å². The Morgan fingerprint density at radius 2 is 2.17 bits per heavy atom. The van der Waals surface area contributed by atoms with Gasteiger partial charge in [-0.2, -0.15) is 0 Å². The van der Waals surface area contributed by atoms with E-state index in [0.29, 0.717) is 17.4 Å². The fourth-order valence-corrected chi connectivity index (χ4v) is 2.22. The molecule has 3 aromatic heterocycles. The summed E-state index contributed by atoms with van der Waals surface area (Å²) in [5, 5.41) is 1.000. The zero-order valence-electron chi connectivity index (χ0n) is 10.5. The van der Waals surface area contributed by atoms with Crippen LogP contribution in [0.3, 0.4) is 0 Å². The predicted octanol–water partition coefficient (Wildman–Crippen LogP) is 2.22. The molecule has 0 bridgehead atoms. The molecule has 5 heteroatoms. The van der Waals surface area contributed by atoms with Crippen LogP contribution in [0.25, 0.3) is 22.1 Å². The fraction of sp³-hybridized carbons (Fsp3) is 0.308. The van der Waals surface area contributed by atoms with Crippen LogP contribution in [0.2, 0.25) is 0 Å². The van der Waals surface area contributed by atoms with Gasteiger partial charge in [-0.05, 0) is 18.1 Å². The molecule has 0 aromatic carbocycles. The van der Waals surface area contributed by atoms with Crippen LogP contribution in [-0.2, 0) is 6.54 Å². The van der Waals surface area contributed by atoms with Crippen molar-refractivity contribution in [2.45, 2.75) is 20.4 Å². The van der Waals surface area contributed by atoms with Gasteiger partial charge in [-0.3, -0.25) is 0 Å². The van der Waals surface area contributed by atoms with E-state index in [-0.39, 0.29) is 0 Å². The maximum absolute atomic E-state index is 5.94. The first kappa shape index (κ1) is 11.0. The van der Waals surface area contributed by atoms with Crippen molar-refractivity contribution in [3.05, 3.63) is 24.7 Å². The second kappa shape index (κ2) is 3.94. The van der Waals surface area contributed by atoms with Gasteiger partial charge in [-0.1, -0.05) is 13.8 Å². The summed E-state index contributed by atoms with van der Waals surface area (Å²) in [5.41, 5.74) is 8.40. The number of aromatic nitrogens is 4. The first-order chi connectivity index (χ1) is 8.66. The van der Waals surface area contributed by atoms with Gasteiger partial charge >= 0.3 is 0 Å². The Labute approximate surface area is 105 Å². The van der Waals surface area contributed by atoms with Crippen molar-refractivity contribution in [3.63, 3.8) is 0 Å². The van der Waals surface area contributed by atoms with E-state index in [4.69, 9.17) is 5.73 Å². The number of nitrogen functional groups attached to an aromatic ring is 1. The lowest BCUT2D eigenvalue weighted by molar-refractivity contribution is 0.533. The highest BCUT2D eigenvalue weighted by Crippen LogP contribution is 2.26. The number of hydrogen-bond donors (Lipinski definition) is 1. The van der Waals surface area contributed by atoms with Crippen LogP contribution in [0, 0.1) is 5.92 Å². The second-order valence-electron chi connectivity index (χ2n) is 4.86. The van der Waals surface area contributed by atoms with E-state index in [0.717, 1.165) is 23.0 Å². The third-order valence-corrected chi connectivity index (χ3v) is 2.91. The van der Waals surface area contributed by atoms with Crippen molar-refractivity contribution in [2.75, 3.05) is 5.73 Å². The molecule has 0 radical (unpaired) electrons. The Hall–Kier alpha value is -2.17. The lowest BCUT2D eigenvalue weighted by Crippen LogP contribution is -2.04. The number of rotatable bonds is 2. The summed E-state index contributed by atoms with van der Waals surface area (Å²) in [6.45, 7) is 5.26. The molecule has 3 aromatic rings. The topological polar surface area (TPSA) is 69.6 Å². The number of pyridine rings is 2. The first-order valence-electron chi connectivity index (χ1n) is 6.02. The lowest BCUT2D eigenvalue weighted by Gasteiger charge is -2.09. The largest absolute Gasteiger partial charge is 0.382 e. The molecule has 0 unspecified atom stereocenters. The zero-order chi connectivity index (χ0) is 12.7. The number of anilines is 1. The smallest absolute Gasteiger partial charge is 0.163 e. The number of hydrogen-bond acceptors (Lipinski definition) is 4. The number of nitrogens with two attached hydrogens (primary N) is 1. The predicted molar refractivity (Wildman–Crippen MR) is 72.1 cm³/mol. The molecular formula is C13H15N5. The Kier molecular flexibility index (Phi) is 2.40. The maximum atomic E-state index is 5.94. The van der Waals surface area contributed by atoms with Gasteiger partial charge in [0.15, 0.2) is 11.5 Å². The molecule has 18 heavy (non-hydrogen) atoms. The molecule has 0 aliphatic rings. The molecule has 2 N–H and O–H groups in total. The standard InChI is InChI=1S/C13H15N5/c1-8(2)6-18-7-16-10-11(18)9-4-3-5-15-13(9)17-12(10)14/h3-5,7-8H,6H2,1-2H3,(H2,14,15,17). The highest BCUT2D eigenvalue weighted by Gasteiger charge is 2.12. The van der Waals surface area contributed by atoms with Gasteiger partial charge in [0, 0.05) is 18.1 Å². The molecule has 0 aliphatic heterocycles. The second-order valence-corrected chi connectivity index (χ2v) is 4.86. The molecular weight excluding hydrogens is 226 g/mol. The van der Waals surface area contributed by atoms with Crippen LogP contribution in [0.5, 0.6) is 0 Å². The van der Waals surface area contributed by atoms with Crippen LogP contribution in [-0.4, -0.2) is 19.5 Å². The molecule has 0 spiro atoms. The Bertz CT molecular complexity index is 714. The normalized spacial score (nSPS) is 11.7. The minimum Gasteiger partial charge on any atom is -0.382 e. The average molecular weight is 241 g/mol. The highest BCUT2D eigenvalue weighted by molar-refractivity contribution is 6.04. The van der Waals surface area contributed by atoms with E-state index < -0.39 is 0 Å². The summed E-state index contributed by atoms with van der Waals surface area (Å²) in [4.78, 5) is 12.9. The van der Waals surface area contributed by atoms with Gasteiger partial charge in [-0.15, -0.1) is 0 Å². The number of nitrogens with zero attached hydrogens (tertiary/aromatic N) is 4. The summed E-state index contributed by atoms with van der Waals surface area (Å²) in [6, 6.07) is 3.92. The molecule has 0 saturated heterocycles. The van der Waals surface area contributed by atoms with Gasteiger partial charge in [0.1, 0.15) is 5.52 Å². The molecule has 3 rings (SSSR count). The SMILES string of the molecule is CC(C)Cn1cnc2c(N)nc3ncccc3c21. The summed E-state index contributed by atoms with van der Waals surface area (Å²) in [5.74, 6) is 0.988. The minimum absolute atomic E-state index is 0.443. The van der Waals surface area contributed by atoms with E-state index in [1.54, 1.807) is 6.20 Å². The van der Waals surface area contributed by atoms with Crippen LogP contribution in [0.1, 0.15) is 13.8 Å². The average Bonchev–Trinajstić information content (AvgIpc) is 2.73. The molecule has 0 saturated carbocycles. The molecule has 0 amide bonds. The molecule has 92 valence electrons. The Balaban J connectivity index is 2.40. The van der Waals surface area contributed by atoms with E-state index in [1.165, 1.54) is 0 Å². The number of imidazole rings is 1. The first-order valence-corrected chi connectivity index (χ1v) is 6.02. The van der Waals surface area contributed by atoms with Crippen LogP contribution < -0.4 is 5.73 Å². The van der Waals surface area contributed by atoms with Crippen molar-refractivity contribution in [1.82, 2.24) is 19.5 Å². The van der Waals surface area contributed by atoms with Gasteiger partial charge in [0.25, 0.3) is 0 Å². The van der Waals surface area contributed by atoms with Crippen LogP contribution in [0.4, 0.5) is 5.82 Å². The van der Waals surface area contributed by atoms with E-state index in [2.05, 4.69) is 33.4 Å². The highest BCUT2D eigenvalue weighted by atomic mass is 15.1. The van der Waals surface area contributed by atoms with Gasteiger partial charge in [0.2, 0.25) is 0 Å². The molecule has 0 atom stereocenters. The summed E-state index contributed by atoms with van der Waals surface area (Å²) in [7, 11) is 0. The summed E-state index contributed by atoms with van der Waals surface area (Å²) < 4.78 is 2.13. The minimum atomic E-state index is 0.443. The summed E-state index contributed by atoms with van der Waals surface area (Å²) in [6.07, 6.45) is 3.55. The molecule has 0 aliphatic carbocycles. The fourth-order valence-electron chi connectivity index (χ4n) is 2.22. The Morgan fingerprint density at radius 3 is 2.94 bits per heavy atom. The third-order valence-electron chi connectivity index (χ3n) is 2.91. The third kappa shape index (κ3) is 1.59. The van der Waals surface area contributed by atoms with Crippen molar-refractivity contribution in [3.8, 4) is 0 Å². The van der Waals surface area contributed by atoms with Crippen molar-refractivity contribution in [1.29, 1.82) is 0 Å². The molecule has 3 heterocycles. The van der Waals surface area contributed by atoms with Gasteiger partial charge < -0.3 is 10.3 Å². The molecule has 5 nitrogen and oxygen atoms in total. The molecule has 0 fully saturated rings.